The fraction of sp³-hybridized carbons (Fsp3) is 0.278. The second-order valence-corrected chi connectivity index (χ2v) is 5.03. The zero-order chi connectivity index (χ0) is 16.5. The van der Waals surface area contributed by atoms with Crippen molar-refractivity contribution in [1.82, 2.24) is 0 Å². The van der Waals surface area contributed by atoms with E-state index in [1.54, 1.807) is 31.4 Å². The lowest BCUT2D eigenvalue weighted by Crippen LogP contribution is -2.19. The van der Waals surface area contributed by atoms with E-state index in [-0.39, 0.29) is 6.03 Å². The van der Waals surface area contributed by atoms with Gasteiger partial charge in [-0.3, -0.25) is 0 Å². The van der Waals surface area contributed by atoms with E-state index in [2.05, 4.69) is 17.6 Å². The summed E-state index contributed by atoms with van der Waals surface area (Å²) in [6.07, 6.45) is 2.13. The quantitative estimate of drug-likeness (QED) is 0.739. The van der Waals surface area contributed by atoms with Gasteiger partial charge in [-0.2, -0.15) is 0 Å². The normalized spacial score (nSPS) is 10.0. The molecule has 0 aliphatic carbocycles. The third-order valence-corrected chi connectivity index (χ3v) is 3.23. The average molecular weight is 314 g/mol. The minimum atomic E-state index is -0.296. The summed E-state index contributed by atoms with van der Waals surface area (Å²) in [6.45, 7) is 2.83. The smallest absolute Gasteiger partial charge is 0.323 e. The number of carbonyl (C=O) groups is 1. The van der Waals surface area contributed by atoms with Gasteiger partial charge in [-0.05, 0) is 55.0 Å². The highest BCUT2D eigenvalue weighted by molar-refractivity contribution is 5.99. The van der Waals surface area contributed by atoms with Crippen LogP contribution >= 0.6 is 0 Å². The van der Waals surface area contributed by atoms with E-state index in [1.165, 1.54) is 0 Å². The van der Waals surface area contributed by atoms with Crippen LogP contribution in [0.2, 0.25) is 0 Å². The fourth-order valence-corrected chi connectivity index (χ4v) is 1.94. The molecule has 0 heterocycles. The topological polar surface area (TPSA) is 59.6 Å². The van der Waals surface area contributed by atoms with E-state index in [1.807, 2.05) is 24.3 Å². The molecule has 0 aliphatic rings. The Morgan fingerprint density at radius 3 is 1.91 bits per heavy atom. The molecule has 2 aromatic carbocycles. The lowest BCUT2D eigenvalue weighted by Gasteiger charge is -2.09. The first-order chi connectivity index (χ1) is 11.2. The van der Waals surface area contributed by atoms with Crippen LogP contribution in [0.3, 0.4) is 0 Å². The Bertz CT molecular complexity index is 609. The number of anilines is 2. The van der Waals surface area contributed by atoms with Gasteiger partial charge in [-0.1, -0.05) is 13.3 Å². The second-order valence-electron chi connectivity index (χ2n) is 5.03. The Balaban J connectivity index is 1.84. The Hall–Kier alpha value is -2.69. The molecule has 0 saturated heterocycles. The minimum absolute atomic E-state index is 0.296. The molecule has 0 radical (unpaired) electrons. The molecule has 0 atom stereocenters. The number of benzene rings is 2. The van der Waals surface area contributed by atoms with Crippen LogP contribution in [-0.4, -0.2) is 19.7 Å². The summed E-state index contributed by atoms with van der Waals surface area (Å²) in [6, 6.07) is 14.2. The lowest BCUT2D eigenvalue weighted by atomic mass is 10.3. The van der Waals surface area contributed by atoms with Gasteiger partial charge in [0.15, 0.2) is 0 Å². The molecule has 0 saturated carbocycles. The van der Waals surface area contributed by atoms with Gasteiger partial charge >= 0.3 is 6.03 Å². The molecule has 2 aromatic rings. The molecule has 0 aromatic heterocycles. The van der Waals surface area contributed by atoms with E-state index in [0.717, 1.165) is 24.3 Å². The van der Waals surface area contributed by atoms with Crippen LogP contribution in [0.4, 0.5) is 16.2 Å². The number of hydrogen-bond acceptors (Lipinski definition) is 3. The summed E-state index contributed by atoms with van der Waals surface area (Å²) in [7, 11) is 1.60. The largest absolute Gasteiger partial charge is 0.497 e. The minimum Gasteiger partial charge on any atom is -0.497 e. The van der Waals surface area contributed by atoms with Crippen LogP contribution in [-0.2, 0) is 0 Å². The Kier molecular flexibility index (Phi) is 6.29. The number of ether oxygens (including phenoxy) is 2. The maximum Gasteiger partial charge on any atom is 0.323 e. The number of urea groups is 1. The summed E-state index contributed by atoms with van der Waals surface area (Å²) < 4.78 is 10.7. The predicted octanol–water partition coefficient (Wildman–Crippen LogP) is 4.52. The number of unbranched alkanes of at least 4 members (excludes halogenated alkanes) is 1. The standard InChI is InChI=1S/C18H22N2O3/c1-3-4-13-23-17-11-7-15(8-12-17)20-18(21)19-14-5-9-16(22-2)10-6-14/h5-12H,3-4,13H2,1-2H3,(H2,19,20,21). The number of hydrogen-bond donors (Lipinski definition) is 2. The van der Waals surface area contributed by atoms with Crippen molar-refractivity contribution in [3.63, 3.8) is 0 Å². The van der Waals surface area contributed by atoms with E-state index in [0.29, 0.717) is 18.0 Å². The summed E-state index contributed by atoms with van der Waals surface area (Å²) >= 11 is 0. The molecule has 122 valence electrons. The van der Waals surface area contributed by atoms with Crippen molar-refractivity contribution in [2.45, 2.75) is 19.8 Å². The maximum absolute atomic E-state index is 11.9. The van der Waals surface area contributed by atoms with Crippen LogP contribution < -0.4 is 20.1 Å². The van der Waals surface area contributed by atoms with Crippen molar-refractivity contribution in [2.24, 2.45) is 0 Å². The Morgan fingerprint density at radius 2 is 1.43 bits per heavy atom. The summed E-state index contributed by atoms with van der Waals surface area (Å²) in [5.74, 6) is 1.55. The molecular weight excluding hydrogens is 292 g/mol. The molecule has 0 spiro atoms. The molecule has 0 aliphatic heterocycles. The van der Waals surface area contributed by atoms with E-state index in [9.17, 15) is 4.79 Å². The van der Waals surface area contributed by atoms with Crippen LogP contribution in [0.25, 0.3) is 0 Å². The average Bonchev–Trinajstić information content (AvgIpc) is 2.57. The molecule has 0 fully saturated rings. The first-order valence-electron chi connectivity index (χ1n) is 7.66. The molecule has 5 nitrogen and oxygen atoms in total. The molecule has 0 unspecified atom stereocenters. The van der Waals surface area contributed by atoms with Crippen LogP contribution in [0.1, 0.15) is 19.8 Å². The molecule has 5 heteroatoms. The molecule has 2 rings (SSSR count). The number of rotatable bonds is 7. The Labute approximate surface area is 136 Å². The maximum atomic E-state index is 11.9. The molecule has 0 bridgehead atoms. The van der Waals surface area contributed by atoms with E-state index >= 15 is 0 Å². The summed E-state index contributed by atoms with van der Waals surface area (Å²) in [5.41, 5.74) is 1.40. The first-order valence-corrected chi connectivity index (χ1v) is 7.66. The number of amides is 2. The molecule has 2 amide bonds. The van der Waals surface area contributed by atoms with Crippen molar-refractivity contribution in [3.8, 4) is 11.5 Å². The van der Waals surface area contributed by atoms with Gasteiger partial charge in [0, 0.05) is 11.4 Å². The van der Waals surface area contributed by atoms with Gasteiger partial charge in [0.2, 0.25) is 0 Å². The SMILES string of the molecule is CCCCOc1ccc(NC(=O)Nc2ccc(OC)cc2)cc1. The zero-order valence-electron chi connectivity index (χ0n) is 13.5. The van der Waals surface area contributed by atoms with E-state index < -0.39 is 0 Å². The number of methoxy groups -OCH3 is 1. The predicted molar refractivity (Wildman–Crippen MR) is 92.5 cm³/mol. The highest BCUT2D eigenvalue weighted by atomic mass is 16.5. The van der Waals surface area contributed by atoms with Gasteiger partial charge in [-0.15, -0.1) is 0 Å². The van der Waals surface area contributed by atoms with Crippen molar-refractivity contribution in [1.29, 1.82) is 0 Å². The van der Waals surface area contributed by atoms with Gasteiger partial charge < -0.3 is 20.1 Å². The monoisotopic (exact) mass is 314 g/mol. The Morgan fingerprint density at radius 1 is 0.913 bits per heavy atom. The number of carbonyl (C=O) groups excluding carboxylic acids is 1. The van der Waals surface area contributed by atoms with Crippen LogP contribution in [0.5, 0.6) is 11.5 Å². The summed E-state index contributed by atoms with van der Waals surface area (Å²) in [4.78, 5) is 11.9. The molecular formula is C18H22N2O3. The fourth-order valence-electron chi connectivity index (χ4n) is 1.94. The van der Waals surface area contributed by atoms with Gasteiger partial charge in [0.05, 0.1) is 13.7 Å². The van der Waals surface area contributed by atoms with Crippen molar-refractivity contribution in [3.05, 3.63) is 48.5 Å². The first kappa shape index (κ1) is 16.7. The van der Waals surface area contributed by atoms with Gasteiger partial charge in [0.25, 0.3) is 0 Å². The van der Waals surface area contributed by atoms with Crippen molar-refractivity contribution >= 4 is 17.4 Å². The summed E-state index contributed by atoms with van der Waals surface area (Å²) in [5, 5.41) is 5.54. The van der Waals surface area contributed by atoms with Crippen molar-refractivity contribution < 1.29 is 14.3 Å². The van der Waals surface area contributed by atoms with Crippen LogP contribution in [0.15, 0.2) is 48.5 Å². The zero-order valence-corrected chi connectivity index (χ0v) is 13.5. The lowest BCUT2D eigenvalue weighted by molar-refractivity contribution is 0.262. The highest BCUT2D eigenvalue weighted by Gasteiger charge is 2.03. The van der Waals surface area contributed by atoms with E-state index in [4.69, 9.17) is 9.47 Å². The van der Waals surface area contributed by atoms with Crippen molar-refractivity contribution in [2.75, 3.05) is 24.4 Å². The third kappa shape index (κ3) is 5.54. The van der Waals surface area contributed by atoms with Gasteiger partial charge in [-0.25, -0.2) is 4.79 Å². The van der Waals surface area contributed by atoms with Gasteiger partial charge in [0.1, 0.15) is 11.5 Å². The second kappa shape index (κ2) is 8.68. The number of nitrogens with one attached hydrogen (secondary N) is 2. The van der Waals surface area contributed by atoms with Crippen LogP contribution in [0, 0.1) is 0 Å². The molecule has 23 heavy (non-hydrogen) atoms. The molecule has 2 N–H and O–H groups in total. The third-order valence-electron chi connectivity index (χ3n) is 3.23. The highest BCUT2D eigenvalue weighted by Crippen LogP contribution is 2.18.